The SMILES string of the molecule is CCCCCOc1cccc2c1C(=O)N(C(C)(C)Cc1ccc(Cl)c(C(F)(F)F)c1)C2=O. The summed E-state index contributed by atoms with van der Waals surface area (Å²) in [5.41, 5.74) is -1.27. The third-order valence-corrected chi connectivity index (χ3v) is 5.79. The molecule has 0 spiro atoms. The number of benzene rings is 2. The molecular weight excluding hydrogens is 443 g/mol. The largest absolute Gasteiger partial charge is 0.493 e. The van der Waals surface area contributed by atoms with Crippen molar-refractivity contribution in [2.75, 3.05) is 6.61 Å². The quantitative estimate of drug-likeness (QED) is 0.327. The van der Waals surface area contributed by atoms with Crippen LogP contribution in [0, 0.1) is 0 Å². The summed E-state index contributed by atoms with van der Waals surface area (Å²) in [6.07, 6.45) is -1.73. The summed E-state index contributed by atoms with van der Waals surface area (Å²) in [6, 6.07) is 8.49. The summed E-state index contributed by atoms with van der Waals surface area (Å²) in [5, 5.41) is -0.398. The van der Waals surface area contributed by atoms with Gasteiger partial charge in [0.1, 0.15) is 5.75 Å². The van der Waals surface area contributed by atoms with Crippen LogP contribution in [0.1, 0.15) is 71.9 Å². The van der Waals surface area contributed by atoms with Crippen molar-refractivity contribution in [2.45, 2.75) is 58.2 Å². The highest BCUT2D eigenvalue weighted by Crippen LogP contribution is 2.38. The standard InChI is InChI=1S/C24H25ClF3NO3/c1-4-5-6-12-32-19-9-7-8-16-20(19)22(31)29(21(16)30)23(2,3)14-15-10-11-18(25)17(13-15)24(26,27)28/h7-11,13H,4-6,12,14H2,1-3H3. The first kappa shape index (κ1) is 24.1. The van der Waals surface area contributed by atoms with Crippen molar-refractivity contribution < 1.29 is 27.5 Å². The van der Waals surface area contributed by atoms with Gasteiger partial charge < -0.3 is 4.74 Å². The summed E-state index contributed by atoms with van der Waals surface area (Å²) < 4.78 is 45.5. The van der Waals surface area contributed by atoms with Crippen molar-refractivity contribution in [2.24, 2.45) is 0 Å². The fourth-order valence-corrected chi connectivity index (χ4v) is 4.16. The molecule has 0 saturated heterocycles. The molecule has 2 aromatic rings. The number of alkyl halides is 3. The van der Waals surface area contributed by atoms with E-state index in [0.717, 1.165) is 30.2 Å². The number of carbonyl (C=O) groups excluding carboxylic acids is 2. The lowest BCUT2D eigenvalue weighted by Crippen LogP contribution is -2.49. The highest BCUT2D eigenvalue weighted by molar-refractivity contribution is 6.31. The van der Waals surface area contributed by atoms with E-state index in [1.165, 1.54) is 12.1 Å². The number of carbonyl (C=O) groups is 2. The van der Waals surface area contributed by atoms with Crippen LogP contribution in [0.2, 0.25) is 5.02 Å². The molecule has 0 aliphatic carbocycles. The predicted molar refractivity (Wildman–Crippen MR) is 116 cm³/mol. The Balaban J connectivity index is 1.87. The third-order valence-electron chi connectivity index (χ3n) is 5.46. The van der Waals surface area contributed by atoms with E-state index in [0.29, 0.717) is 17.9 Å². The average molecular weight is 468 g/mol. The molecule has 2 amide bonds. The molecule has 1 heterocycles. The second-order valence-corrected chi connectivity index (χ2v) is 8.89. The molecular formula is C24H25ClF3NO3. The van der Waals surface area contributed by atoms with Gasteiger partial charge in [0.05, 0.1) is 28.3 Å². The summed E-state index contributed by atoms with van der Waals surface area (Å²) in [4.78, 5) is 27.5. The van der Waals surface area contributed by atoms with Gasteiger partial charge >= 0.3 is 6.18 Å². The smallest absolute Gasteiger partial charge is 0.417 e. The van der Waals surface area contributed by atoms with Crippen molar-refractivity contribution in [3.63, 3.8) is 0 Å². The first-order chi connectivity index (χ1) is 15.0. The molecule has 8 heteroatoms. The van der Waals surface area contributed by atoms with E-state index in [1.54, 1.807) is 32.0 Å². The predicted octanol–water partition coefficient (Wildman–Crippen LogP) is 6.55. The van der Waals surface area contributed by atoms with Gasteiger partial charge in [-0.2, -0.15) is 13.2 Å². The first-order valence-corrected chi connectivity index (χ1v) is 10.9. The highest BCUT2D eigenvalue weighted by atomic mass is 35.5. The van der Waals surface area contributed by atoms with E-state index in [2.05, 4.69) is 6.92 Å². The Morgan fingerprint density at radius 1 is 1.03 bits per heavy atom. The Kier molecular flexibility index (Phi) is 6.89. The zero-order chi connectivity index (χ0) is 23.7. The number of imide groups is 1. The number of fused-ring (bicyclic) bond motifs is 1. The molecule has 0 atom stereocenters. The van der Waals surface area contributed by atoms with Gasteiger partial charge in [-0.15, -0.1) is 0 Å². The molecule has 0 radical (unpaired) electrons. The summed E-state index contributed by atoms with van der Waals surface area (Å²) in [7, 11) is 0. The number of unbranched alkanes of at least 4 members (excludes halogenated alkanes) is 2. The van der Waals surface area contributed by atoms with Gasteiger partial charge in [-0.25, -0.2) is 0 Å². The van der Waals surface area contributed by atoms with E-state index < -0.39 is 34.1 Å². The molecule has 3 rings (SSSR count). The number of rotatable bonds is 8. The Morgan fingerprint density at radius 2 is 1.75 bits per heavy atom. The zero-order valence-electron chi connectivity index (χ0n) is 18.2. The minimum absolute atomic E-state index is 0.0331. The van der Waals surface area contributed by atoms with Gasteiger partial charge in [-0.3, -0.25) is 14.5 Å². The van der Waals surface area contributed by atoms with Crippen LogP contribution in [0.4, 0.5) is 13.2 Å². The van der Waals surface area contributed by atoms with E-state index in [-0.39, 0.29) is 17.5 Å². The Labute approximate surface area is 190 Å². The van der Waals surface area contributed by atoms with Gasteiger partial charge in [0.25, 0.3) is 11.8 Å². The van der Waals surface area contributed by atoms with Gasteiger partial charge in [0.15, 0.2) is 0 Å². The van der Waals surface area contributed by atoms with Crippen molar-refractivity contribution >= 4 is 23.4 Å². The average Bonchev–Trinajstić information content (AvgIpc) is 2.97. The van der Waals surface area contributed by atoms with Crippen LogP contribution in [-0.2, 0) is 12.6 Å². The number of hydrogen-bond acceptors (Lipinski definition) is 3. The van der Waals surface area contributed by atoms with Gasteiger partial charge in [0, 0.05) is 5.54 Å². The lowest BCUT2D eigenvalue weighted by Gasteiger charge is -2.34. The maximum absolute atomic E-state index is 13.3. The molecule has 1 aliphatic rings. The summed E-state index contributed by atoms with van der Waals surface area (Å²) in [5.74, 6) is -0.647. The van der Waals surface area contributed by atoms with Crippen molar-refractivity contribution in [3.8, 4) is 5.75 Å². The monoisotopic (exact) mass is 467 g/mol. The normalized spacial score (nSPS) is 14.2. The Bertz CT molecular complexity index is 1030. The van der Waals surface area contributed by atoms with Crippen LogP contribution in [0.3, 0.4) is 0 Å². The minimum atomic E-state index is -4.60. The first-order valence-electron chi connectivity index (χ1n) is 10.5. The van der Waals surface area contributed by atoms with E-state index >= 15 is 0 Å². The van der Waals surface area contributed by atoms with Gasteiger partial charge in [-0.1, -0.05) is 43.5 Å². The van der Waals surface area contributed by atoms with Gasteiger partial charge in [0.2, 0.25) is 0 Å². The van der Waals surface area contributed by atoms with Crippen molar-refractivity contribution in [3.05, 3.63) is 63.7 Å². The molecule has 32 heavy (non-hydrogen) atoms. The maximum atomic E-state index is 13.3. The lowest BCUT2D eigenvalue weighted by molar-refractivity contribution is -0.137. The summed E-state index contributed by atoms with van der Waals surface area (Å²) >= 11 is 5.71. The summed E-state index contributed by atoms with van der Waals surface area (Å²) in [6.45, 7) is 5.80. The Hall–Kier alpha value is -2.54. The van der Waals surface area contributed by atoms with E-state index in [9.17, 15) is 22.8 Å². The molecule has 4 nitrogen and oxygen atoms in total. The topological polar surface area (TPSA) is 46.6 Å². The molecule has 0 bridgehead atoms. The second kappa shape index (κ2) is 9.14. The molecule has 0 saturated carbocycles. The van der Waals surface area contributed by atoms with Crippen LogP contribution < -0.4 is 4.74 Å². The molecule has 172 valence electrons. The van der Waals surface area contributed by atoms with Crippen molar-refractivity contribution in [1.82, 2.24) is 4.90 Å². The molecule has 0 aromatic heterocycles. The lowest BCUT2D eigenvalue weighted by atomic mass is 9.92. The number of ether oxygens (including phenoxy) is 1. The molecule has 2 aromatic carbocycles. The van der Waals surface area contributed by atoms with Crippen LogP contribution >= 0.6 is 11.6 Å². The fraction of sp³-hybridized carbons (Fsp3) is 0.417. The zero-order valence-corrected chi connectivity index (χ0v) is 18.9. The molecule has 0 N–H and O–H groups in total. The maximum Gasteiger partial charge on any atom is 0.417 e. The molecule has 1 aliphatic heterocycles. The van der Waals surface area contributed by atoms with Crippen LogP contribution in [0.15, 0.2) is 36.4 Å². The van der Waals surface area contributed by atoms with E-state index in [1.807, 2.05) is 0 Å². The van der Waals surface area contributed by atoms with Gasteiger partial charge in [-0.05, 0) is 56.5 Å². The number of amides is 2. The molecule has 0 fully saturated rings. The molecule has 0 unspecified atom stereocenters. The van der Waals surface area contributed by atoms with Crippen LogP contribution in [0.25, 0.3) is 0 Å². The number of hydrogen-bond donors (Lipinski definition) is 0. The third kappa shape index (κ3) is 4.77. The Morgan fingerprint density at radius 3 is 2.41 bits per heavy atom. The van der Waals surface area contributed by atoms with Crippen molar-refractivity contribution in [1.29, 1.82) is 0 Å². The minimum Gasteiger partial charge on any atom is -0.493 e. The number of halogens is 4. The number of nitrogens with zero attached hydrogens (tertiary/aromatic N) is 1. The highest BCUT2D eigenvalue weighted by Gasteiger charge is 2.46. The van der Waals surface area contributed by atoms with Crippen LogP contribution in [-0.4, -0.2) is 28.9 Å². The second-order valence-electron chi connectivity index (χ2n) is 8.48. The van der Waals surface area contributed by atoms with Crippen LogP contribution in [0.5, 0.6) is 5.75 Å². The fourth-order valence-electron chi connectivity index (χ4n) is 3.94. The van der Waals surface area contributed by atoms with E-state index in [4.69, 9.17) is 16.3 Å².